The van der Waals surface area contributed by atoms with Gasteiger partial charge in [0.15, 0.2) is 0 Å². The summed E-state index contributed by atoms with van der Waals surface area (Å²) in [5.74, 6) is 0.589. The van der Waals surface area contributed by atoms with Crippen LogP contribution in [0.25, 0.3) is 0 Å². The first-order valence-electron chi connectivity index (χ1n) is 5.43. The van der Waals surface area contributed by atoms with Crippen LogP contribution in [0.2, 0.25) is 0 Å². The van der Waals surface area contributed by atoms with Gasteiger partial charge in [-0.25, -0.2) is 8.78 Å². The molecule has 84 valence electrons. The van der Waals surface area contributed by atoms with Crippen molar-refractivity contribution in [2.75, 3.05) is 26.2 Å². The van der Waals surface area contributed by atoms with E-state index in [1.807, 2.05) is 4.90 Å². The number of likely N-dealkylation sites (tertiary alicyclic amines) is 1. The van der Waals surface area contributed by atoms with E-state index in [-0.39, 0.29) is 6.54 Å². The zero-order chi connectivity index (χ0) is 10.4. The molecule has 1 atom stereocenters. The molecule has 0 aromatic rings. The van der Waals surface area contributed by atoms with Crippen molar-refractivity contribution in [3.63, 3.8) is 0 Å². The van der Waals surface area contributed by atoms with Gasteiger partial charge in [-0.05, 0) is 44.7 Å². The van der Waals surface area contributed by atoms with Crippen LogP contribution in [0.15, 0.2) is 0 Å². The topological polar surface area (TPSA) is 29.3 Å². The van der Waals surface area contributed by atoms with Gasteiger partial charge in [-0.2, -0.15) is 0 Å². The number of hydrogen-bond donors (Lipinski definition) is 1. The summed E-state index contributed by atoms with van der Waals surface area (Å²) < 4.78 is 24.3. The molecule has 2 N–H and O–H groups in total. The molecule has 1 aliphatic heterocycles. The number of nitrogens with zero attached hydrogens (tertiary/aromatic N) is 1. The predicted octanol–water partition coefficient (Wildman–Crippen LogP) is 1.70. The Morgan fingerprint density at radius 2 is 2.21 bits per heavy atom. The summed E-state index contributed by atoms with van der Waals surface area (Å²) in [5, 5.41) is 0. The van der Waals surface area contributed by atoms with E-state index >= 15 is 0 Å². The zero-order valence-electron chi connectivity index (χ0n) is 8.59. The molecule has 1 rings (SSSR count). The summed E-state index contributed by atoms with van der Waals surface area (Å²) in [5.41, 5.74) is 5.43. The Hall–Kier alpha value is -0.220. The lowest BCUT2D eigenvalue weighted by Crippen LogP contribution is -2.38. The standard InChI is InChI=1S/C10H20F2N2/c11-10(12)8-14-6-2-4-9(7-14)3-1-5-13/h9-10H,1-8,13H2. The van der Waals surface area contributed by atoms with E-state index < -0.39 is 6.43 Å². The second kappa shape index (κ2) is 6.30. The Labute approximate surface area is 84.4 Å². The van der Waals surface area contributed by atoms with Crippen molar-refractivity contribution >= 4 is 0 Å². The highest BCUT2D eigenvalue weighted by Gasteiger charge is 2.21. The molecule has 0 bridgehead atoms. The quantitative estimate of drug-likeness (QED) is 0.742. The molecule has 0 aromatic carbocycles. The lowest BCUT2D eigenvalue weighted by Gasteiger charge is -2.32. The normalized spacial score (nSPS) is 24.4. The van der Waals surface area contributed by atoms with Crippen LogP contribution in [-0.4, -0.2) is 37.5 Å². The first-order valence-corrected chi connectivity index (χ1v) is 5.43. The Bertz CT molecular complexity index is 153. The largest absolute Gasteiger partial charge is 0.330 e. The minimum absolute atomic E-state index is 0.0564. The highest BCUT2D eigenvalue weighted by molar-refractivity contribution is 4.73. The fraction of sp³-hybridized carbons (Fsp3) is 1.00. The Morgan fingerprint density at radius 1 is 1.43 bits per heavy atom. The van der Waals surface area contributed by atoms with Gasteiger partial charge in [0, 0.05) is 6.54 Å². The molecule has 4 heteroatoms. The van der Waals surface area contributed by atoms with Crippen LogP contribution in [0.5, 0.6) is 0 Å². The van der Waals surface area contributed by atoms with Crippen LogP contribution < -0.4 is 5.73 Å². The number of nitrogens with two attached hydrogens (primary N) is 1. The predicted molar refractivity (Wildman–Crippen MR) is 53.5 cm³/mol. The first-order chi connectivity index (χ1) is 6.72. The average Bonchev–Trinajstić information content (AvgIpc) is 2.14. The molecule has 0 saturated carbocycles. The third-order valence-corrected chi connectivity index (χ3v) is 2.82. The summed E-state index contributed by atoms with van der Waals surface area (Å²) in [6.07, 6.45) is 2.16. The maximum absolute atomic E-state index is 12.1. The van der Waals surface area contributed by atoms with Gasteiger partial charge in [-0.15, -0.1) is 0 Å². The van der Waals surface area contributed by atoms with Crippen molar-refractivity contribution in [3.05, 3.63) is 0 Å². The van der Waals surface area contributed by atoms with E-state index in [0.717, 1.165) is 32.4 Å². The Balaban J connectivity index is 2.21. The maximum atomic E-state index is 12.1. The molecule has 1 heterocycles. The third kappa shape index (κ3) is 4.33. The van der Waals surface area contributed by atoms with Crippen LogP contribution >= 0.6 is 0 Å². The Morgan fingerprint density at radius 3 is 2.86 bits per heavy atom. The molecule has 1 saturated heterocycles. The van der Waals surface area contributed by atoms with E-state index in [1.165, 1.54) is 6.42 Å². The second-order valence-corrected chi connectivity index (χ2v) is 4.09. The van der Waals surface area contributed by atoms with E-state index in [4.69, 9.17) is 5.73 Å². The van der Waals surface area contributed by atoms with Crippen molar-refractivity contribution in [3.8, 4) is 0 Å². The molecule has 2 nitrogen and oxygen atoms in total. The van der Waals surface area contributed by atoms with E-state index in [1.54, 1.807) is 0 Å². The SMILES string of the molecule is NCCCC1CCCN(CC(F)F)C1. The minimum atomic E-state index is -2.19. The highest BCUT2D eigenvalue weighted by Crippen LogP contribution is 2.21. The van der Waals surface area contributed by atoms with Crippen molar-refractivity contribution in [1.29, 1.82) is 0 Å². The fourth-order valence-electron chi connectivity index (χ4n) is 2.15. The number of hydrogen-bond acceptors (Lipinski definition) is 2. The molecule has 0 aliphatic carbocycles. The third-order valence-electron chi connectivity index (χ3n) is 2.82. The fourth-order valence-corrected chi connectivity index (χ4v) is 2.15. The molecule has 1 fully saturated rings. The smallest absolute Gasteiger partial charge is 0.251 e. The minimum Gasteiger partial charge on any atom is -0.330 e. The first kappa shape index (κ1) is 11.9. The zero-order valence-corrected chi connectivity index (χ0v) is 8.59. The van der Waals surface area contributed by atoms with Crippen molar-refractivity contribution in [2.24, 2.45) is 11.7 Å². The second-order valence-electron chi connectivity index (χ2n) is 4.09. The average molecular weight is 206 g/mol. The number of halogens is 2. The van der Waals surface area contributed by atoms with Crippen LogP contribution in [-0.2, 0) is 0 Å². The molecule has 1 unspecified atom stereocenters. The lowest BCUT2D eigenvalue weighted by atomic mass is 9.93. The number of alkyl halides is 2. The van der Waals surface area contributed by atoms with E-state index in [0.29, 0.717) is 12.5 Å². The van der Waals surface area contributed by atoms with Crippen LogP contribution in [0.4, 0.5) is 8.78 Å². The Kier molecular flexibility index (Phi) is 5.33. The van der Waals surface area contributed by atoms with Gasteiger partial charge in [-0.3, -0.25) is 4.90 Å². The van der Waals surface area contributed by atoms with Crippen LogP contribution in [0.3, 0.4) is 0 Å². The van der Waals surface area contributed by atoms with Crippen molar-refractivity contribution in [2.45, 2.75) is 32.1 Å². The molecule has 0 spiro atoms. The van der Waals surface area contributed by atoms with E-state index in [9.17, 15) is 8.78 Å². The van der Waals surface area contributed by atoms with Crippen LogP contribution in [0.1, 0.15) is 25.7 Å². The van der Waals surface area contributed by atoms with Gasteiger partial charge in [0.1, 0.15) is 0 Å². The maximum Gasteiger partial charge on any atom is 0.251 e. The van der Waals surface area contributed by atoms with Gasteiger partial charge < -0.3 is 5.73 Å². The summed E-state index contributed by atoms with van der Waals surface area (Å²) in [4.78, 5) is 1.88. The summed E-state index contributed by atoms with van der Waals surface area (Å²) >= 11 is 0. The number of rotatable bonds is 5. The lowest BCUT2D eigenvalue weighted by molar-refractivity contribution is 0.0633. The molecule has 0 aromatic heterocycles. The molecular weight excluding hydrogens is 186 g/mol. The monoisotopic (exact) mass is 206 g/mol. The van der Waals surface area contributed by atoms with Gasteiger partial charge in [0.2, 0.25) is 0 Å². The van der Waals surface area contributed by atoms with Crippen molar-refractivity contribution in [1.82, 2.24) is 4.90 Å². The molecule has 0 amide bonds. The van der Waals surface area contributed by atoms with Gasteiger partial charge in [0.05, 0.1) is 6.54 Å². The van der Waals surface area contributed by atoms with Gasteiger partial charge >= 0.3 is 0 Å². The summed E-state index contributed by atoms with van der Waals surface area (Å²) in [6.45, 7) is 2.33. The van der Waals surface area contributed by atoms with Crippen LogP contribution in [0, 0.1) is 5.92 Å². The molecule has 14 heavy (non-hydrogen) atoms. The molecule has 1 aliphatic rings. The summed E-state index contributed by atoms with van der Waals surface area (Å²) in [7, 11) is 0. The summed E-state index contributed by atoms with van der Waals surface area (Å²) in [6, 6.07) is 0. The molecule has 0 radical (unpaired) electrons. The van der Waals surface area contributed by atoms with Gasteiger partial charge in [-0.1, -0.05) is 0 Å². The highest BCUT2D eigenvalue weighted by atomic mass is 19.3. The van der Waals surface area contributed by atoms with Gasteiger partial charge in [0.25, 0.3) is 6.43 Å². The number of piperidine rings is 1. The molecular formula is C10H20F2N2. The van der Waals surface area contributed by atoms with Crippen molar-refractivity contribution < 1.29 is 8.78 Å². The van der Waals surface area contributed by atoms with E-state index in [2.05, 4.69) is 0 Å².